The summed E-state index contributed by atoms with van der Waals surface area (Å²) in [6.45, 7) is 0.852. The lowest BCUT2D eigenvalue weighted by molar-refractivity contribution is -0.130. The van der Waals surface area contributed by atoms with Gasteiger partial charge >= 0.3 is 0 Å². The van der Waals surface area contributed by atoms with Crippen LogP contribution in [0.4, 0.5) is 0 Å². The Morgan fingerprint density at radius 2 is 2.43 bits per heavy atom. The normalized spacial score (nSPS) is 15.5. The van der Waals surface area contributed by atoms with Crippen molar-refractivity contribution < 1.29 is 4.79 Å². The van der Waals surface area contributed by atoms with E-state index in [1.54, 1.807) is 11.3 Å². The zero-order chi connectivity index (χ0) is 9.97. The molecule has 1 aromatic rings. The van der Waals surface area contributed by atoms with Gasteiger partial charge in [0, 0.05) is 12.6 Å². The van der Waals surface area contributed by atoms with Crippen molar-refractivity contribution in [2.45, 2.75) is 25.4 Å². The van der Waals surface area contributed by atoms with Crippen LogP contribution in [-0.2, 0) is 11.3 Å². The van der Waals surface area contributed by atoms with Gasteiger partial charge < -0.3 is 10.6 Å². The van der Waals surface area contributed by atoms with Gasteiger partial charge in [-0.25, -0.2) is 0 Å². The lowest BCUT2D eigenvalue weighted by atomic mass is 10.3. The molecule has 1 aliphatic rings. The summed E-state index contributed by atoms with van der Waals surface area (Å²) < 4.78 is 0. The van der Waals surface area contributed by atoms with Gasteiger partial charge in [-0.15, -0.1) is 0 Å². The molecule has 1 saturated carbocycles. The zero-order valence-corrected chi connectivity index (χ0v) is 8.80. The van der Waals surface area contributed by atoms with E-state index >= 15 is 0 Å². The van der Waals surface area contributed by atoms with Crippen LogP contribution in [0.5, 0.6) is 0 Å². The van der Waals surface area contributed by atoms with Crippen LogP contribution < -0.4 is 5.73 Å². The largest absolute Gasteiger partial charge is 0.334 e. The van der Waals surface area contributed by atoms with E-state index in [0.29, 0.717) is 6.04 Å². The Balaban J connectivity index is 2.00. The molecular formula is C10H14N2OS. The summed E-state index contributed by atoms with van der Waals surface area (Å²) in [5.41, 5.74) is 6.59. The van der Waals surface area contributed by atoms with Crippen molar-refractivity contribution in [2.24, 2.45) is 5.73 Å². The van der Waals surface area contributed by atoms with Gasteiger partial charge in [-0.1, -0.05) is 0 Å². The minimum atomic E-state index is 0.0682. The van der Waals surface area contributed by atoms with E-state index in [4.69, 9.17) is 5.73 Å². The van der Waals surface area contributed by atoms with Gasteiger partial charge in [-0.05, 0) is 35.2 Å². The van der Waals surface area contributed by atoms with E-state index in [9.17, 15) is 4.79 Å². The predicted octanol–water partition coefficient (Wildman–Crippen LogP) is 1.20. The molecule has 14 heavy (non-hydrogen) atoms. The fraction of sp³-hybridized carbons (Fsp3) is 0.500. The first kappa shape index (κ1) is 9.68. The average molecular weight is 210 g/mol. The number of thiophene rings is 1. The SMILES string of the molecule is NCC(=O)N(Cc1ccsc1)C1CC1. The highest BCUT2D eigenvalue weighted by Gasteiger charge is 2.31. The molecule has 0 atom stereocenters. The number of hydrogen-bond donors (Lipinski definition) is 1. The Hall–Kier alpha value is -0.870. The van der Waals surface area contributed by atoms with E-state index < -0.39 is 0 Å². The molecule has 4 heteroatoms. The number of amides is 1. The Morgan fingerprint density at radius 1 is 1.64 bits per heavy atom. The van der Waals surface area contributed by atoms with Crippen LogP contribution in [-0.4, -0.2) is 23.4 Å². The van der Waals surface area contributed by atoms with Crippen molar-refractivity contribution >= 4 is 17.2 Å². The maximum absolute atomic E-state index is 11.5. The molecule has 2 N–H and O–H groups in total. The second-order valence-electron chi connectivity index (χ2n) is 3.59. The molecule has 1 aromatic heterocycles. The lowest BCUT2D eigenvalue weighted by Gasteiger charge is -2.20. The molecule has 0 spiro atoms. The maximum atomic E-state index is 11.5. The summed E-state index contributed by atoms with van der Waals surface area (Å²) in [5.74, 6) is 0.0682. The Labute approximate surface area is 87.5 Å². The van der Waals surface area contributed by atoms with Gasteiger partial charge in [0.15, 0.2) is 0 Å². The van der Waals surface area contributed by atoms with Gasteiger partial charge in [0.2, 0.25) is 5.91 Å². The first-order valence-corrected chi connectivity index (χ1v) is 5.76. The number of carbonyl (C=O) groups excluding carboxylic acids is 1. The van der Waals surface area contributed by atoms with Crippen LogP contribution in [0.1, 0.15) is 18.4 Å². The molecule has 0 saturated heterocycles. The van der Waals surface area contributed by atoms with Gasteiger partial charge in [0.1, 0.15) is 0 Å². The zero-order valence-electron chi connectivity index (χ0n) is 7.98. The van der Waals surface area contributed by atoms with E-state index in [0.717, 1.165) is 19.4 Å². The van der Waals surface area contributed by atoms with Crippen LogP contribution in [0.3, 0.4) is 0 Å². The second-order valence-corrected chi connectivity index (χ2v) is 4.37. The number of carbonyl (C=O) groups is 1. The molecule has 0 radical (unpaired) electrons. The third-order valence-corrected chi connectivity index (χ3v) is 3.15. The van der Waals surface area contributed by atoms with E-state index in [1.165, 1.54) is 5.56 Å². The highest BCUT2D eigenvalue weighted by molar-refractivity contribution is 7.07. The topological polar surface area (TPSA) is 46.3 Å². The van der Waals surface area contributed by atoms with Crippen LogP contribution in [0, 0.1) is 0 Å². The Morgan fingerprint density at radius 3 is 2.93 bits per heavy atom. The highest BCUT2D eigenvalue weighted by Crippen LogP contribution is 2.28. The van der Waals surface area contributed by atoms with E-state index in [-0.39, 0.29) is 12.5 Å². The van der Waals surface area contributed by atoms with Gasteiger partial charge in [0.25, 0.3) is 0 Å². The summed E-state index contributed by atoms with van der Waals surface area (Å²) in [4.78, 5) is 13.4. The summed E-state index contributed by atoms with van der Waals surface area (Å²) >= 11 is 1.66. The standard InChI is InChI=1S/C10H14N2OS/c11-5-10(13)12(9-1-2-9)6-8-3-4-14-7-8/h3-4,7,9H,1-2,5-6,11H2. The quantitative estimate of drug-likeness (QED) is 0.811. The minimum Gasteiger partial charge on any atom is -0.334 e. The molecule has 2 rings (SSSR count). The highest BCUT2D eigenvalue weighted by atomic mass is 32.1. The lowest BCUT2D eigenvalue weighted by Crippen LogP contribution is -2.37. The fourth-order valence-electron chi connectivity index (χ4n) is 1.50. The molecule has 3 nitrogen and oxygen atoms in total. The number of rotatable bonds is 4. The number of nitrogens with zero attached hydrogens (tertiary/aromatic N) is 1. The predicted molar refractivity (Wildman–Crippen MR) is 56.9 cm³/mol. The van der Waals surface area contributed by atoms with Crippen molar-refractivity contribution in [2.75, 3.05) is 6.54 Å². The van der Waals surface area contributed by atoms with Crippen molar-refractivity contribution in [3.8, 4) is 0 Å². The monoisotopic (exact) mass is 210 g/mol. The van der Waals surface area contributed by atoms with Crippen LogP contribution >= 0.6 is 11.3 Å². The summed E-state index contributed by atoms with van der Waals surface area (Å²) in [5, 5.41) is 4.12. The second kappa shape index (κ2) is 4.11. The van der Waals surface area contributed by atoms with Gasteiger partial charge in [0.05, 0.1) is 6.54 Å². The molecule has 1 aliphatic carbocycles. The van der Waals surface area contributed by atoms with E-state index in [2.05, 4.69) is 11.4 Å². The van der Waals surface area contributed by atoms with E-state index in [1.807, 2.05) is 10.3 Å². The Bertz CT molecular complexity index is 306. The smallest absolute Gasteiger partial charge is 0.236 e. The van der Waals surface area contributed by atoms with Crippen molar-refractivity contribution in [1.29, 1.82) is 0 Å². The summed E-state index contributed by atoms with van der Waals surface area (Å²) in [6, 6.07) is 2.51. The van der Waals surface area contributed by atoms with Gasteiger partial charge in [-0.2, -0.15) is 11.3 Å². The third-order valence-electron chi connectivity index (χ3n) is 2.42. The average Bonchev–Trinajstić information content (AvgIpc) is 2.92. The van der Waals surface area contributed by atoms with Gasteiger partial charge in [-0.3, -0.25) is 4.79 Å². The van der Waals surface area contributed by atoms with Crippen molar-refractivity contribution in [3.63, 3.8) is 0 Å². The molecule has 0 aromatic carbocycles. The van der Waals surface area contributed by atoms with Crippen LogP contribution in [0.2, 0.25) is 0 Å². The van der Waals surface area contributed by atoms with Crippen LogP contribution in [0.25, 0.3) is 0 Å². The van der Waals surface area contributed by atoms with Crippen LogP contribution in [0.15, 0.2) is 16.8 Å². The van der Waals surface area contributed by atoms with Crippen molar-refractivity contribution in [3.05, 3.63) is 22.4 Å². The Kier molecular flexibility index (Phi) is 2.84. The summed E-state index contributed by atoms with van der Waals surface area (Å²) in [7, 11) is 0. The third kappa shape index (κ3) is 2.13. The molecule has 1 fully saturated rings. The minimum absolute atomic E-state index is 0.0682. The fourth-order valence-corrected chi connectivity index (χ4v) is 2.16. The number of nitrogens with two attached hydrogens (primary N) is 1. The first-order valence-electron chi connectivity index (χ1n) is 4.82. The molecule has 1 heterocycles. The first-order chi connectivity index (χ1) is 6.81. The maximum Gasteiger partial charge on any atom is 0.236 e. The molecule has 0 aliphatic heterocycles. The summed E-state index contributed by atoms with van der Waals surface area (Å²) in [6.07, 6.45) is 2.27. The number of hydrogen-bond acceptors (Lipinski definition) is 3. The molecule has 0 bridgehead atoms. The van der Waals surface area contributed by atoms with Crippen molar-refractivity contribution in [1.82, 2.24) is 4.90 Å². The molecular weight excluding hydrogens is 196 g/mol. The molecule has 0 unspecified atom stereocenters. The molecule has 1 amide bonds. The molecule has 76 valence electrons.